The van der Waals surface area contributed by atoms with Gasteiger partial charge in [-0.25, -0.2) is 0 Å². The van der Waals surface area contributed by atoms with Crippen molar-refractivity contribution in [2.24, 2.45) is 0 Å². The normalized spacial score (nSPS) is 22.1. The van der Waals surface area contributed by atoms with E-state index in [0.717, 1.165) is 12.8 Å². The molecule has 1 amide bonds. The zero-order valence-electron chi connectivity index (χ0n) is 8.89. The summed E-state index contributed by atoms with van der Waals surface area (Å²) in [7, 11) is 0. The fourth-order valence-corrected chi connectivity index (χ4v) is 1.98. The lowest BCUT2D eigenvalue weighted by atomic mass is 9.97. The van der Waals surface area contributed by atoms with Crippen LogP contribution < -0.4 is 5.32 Å². The van der Waals surface area contributed by atoms with Crippen LogP contribution >= 0.6 is 11.6 Å². The van der Waals surface area contributed by atoms with Crippen molar-refractivity contribution in [3.05, 3.63) is 0 Å². The summed E-state index contributed by atoms with van der Waals surface area (Å²) in [6.07, 6.45) is 8.69. The van der Waals surface area contributed by atoms with Crippen molar-refractivity contribution in [1.29, 1.82) is 0 Å². The summed E-state index contributed by atoms with van der Waals surface area (Å²) in [5.41, 5.74) is 0. The monoisotopic (exact) mass is 217 g/mol. The molecule has 0 radical (unpaired) electrons. The highest BCUT2D eigenvalue weighted by molar-refractivity contribution is 6.30. The van der Waals surface area contributed by atoms with Crippen molar-refractivity contribution in [2.75, 3.05) is 0 Å². The van der Waals surface area contributed by atoms with Gasteiger partial charge in [-0.15, -0.1) is 11.6 Å². The molecule has 0 saturated heterocycles. The molecule has 2 nitrogen and oxygen atoms in total. The van der Waals surface area contributed by atoms with Gasteiger partial charge in [-0.05, 0) is 19.8 Å². The number of hydrogen-bond donors (Lipinski definition) is 1. The summed E-state index contributed by atoms with van der Waals surface area (Å²) in [5, 5.41) is 2.61. The fraction of sp³-hybridized carbons (Fsp3) is 0.909. The molecule has 1 fully saturated rings. The molecule has 82 valence electrons. The first kappa shape index (κ1) is 11.8. The Morgan fingerprint density at radius 1 is 1.21 bits per heavy atom. The molecule has 3 heteroatoms. The summed E-state index contributed by atoms with van der Waals surface area (Å²) in [5.74, 6) is -0.0164. The second kappa shape index (κ2) is 6.28. The van der Waals surface area contributed by atoms with Crippen molar-refractivity contribution in [3.8, 4) is 0 Å². The average molecular weight is 218 g/mol. The Morgan fingerprint density at radius 3 is 2.21 bits per heavy atom. The second-order valence-corrected chi connectivity index (χ2v) is 4.82. The molecule has 0 aromatic heterocycles. The molecule has 1 unspecified atom stereocenters. The van der Waals surface area contributed by atoms with Crippen molar-refractivity contribution in [1.82, 2.24) is 5.32 Å². The number of hydrogen-bond acceptors (Lipinski definition) is 1. The SMILES string of the molecule is CC(Cl)C(=O)NC1CCCCCCC1. The molecule has 14 heavy (non-hydrogen) atoms. The summed E-state index contributed by atoms with van der Waals surface area (Å²) >= 11 is 5.71. The minimum absolute atomic E-state index is 0.0164. The molecule has 1 rings (SSSR count). The van der Waals surface area contributed by atoms with Crippen LogP contribution in [0.4, 0.5) is 0 Å². The van der Waals surface area contributed by atoms with Crippen LogP contribution in [0.5, 0.6) is 0 Å². The molecule has 0 aliphatic heterocycles. The smallest absolute Gasteiger partial charge is 0.237 e. The number of carbonyl (C=O) groups is 1. The van der Waals surface area contributed by atoms with Gasteiger partial charge in [-0.2, -0.15) is 0 Å². The first-order valence-electron chi connectivity index (χ1n) is 5.64. The fourth-order valence-electron chi connectivity index (χ4n) is 1.92. The van der Waals surface area contributed by atoms with Crippen LogP contribution in [-0.2, 0) is 4.79 Å². The van der Waals surface area contributed by atoms with Crippen LogP contribution in [0, 0.1) is 0 Å². The largest absolute Gasteiger partial charge is 0.352 e. The van der Waals surface area contributed by atoms with Crippen LogP contribution in [0.1, 0.15) is 51.9 Å². The minimum Gasteiger partial charge on any atom is -0.352 e. The highest BCUT2D eigenvalue weighted by atomic mass is 35.5. The van der Waals surface area contributed by atoms with Crippen LogP contribution in [0.2, 0.25) is 0 Å². The van der Waals surface area contributed by atoms with E-state index in [1.54, 1.807) is 6.92 Å². The maximum Gasteiger partial charge on any atom is 0.237 e. The molecule has 1 aliphatic rings. The van der Waals surface area contributed by atoms with Gasteiger partial charge in [0.25, 0.3) is 0 Å². The Kier molecular flexibility index (Phi) is 5.31. The Bertz CT molecular complexity index is 174. The van der Waals surface area contributed by atoms with E-state index in [9.17, 15) is 4.79 Å². The molecule has 1 aliphatic carbocycles. The molecule has 0 spiro atoms. The highest BCUT2D eigenvalue weighted by Gasteiger charge is 2.16. The van der Waals surface area contributed by atoms with E-state index in [4.69, 9.17) is 11.6 Å². The molecule has 0 heterocycles. The predicted octanol–water partition coefficient (Wildman–Crippen LogP) is 2.84. The third-order valence-corrected chi connectivity index (χ3v) is 3.01. The van der Waals surface area contributed by atoms with E-state index in [-0.39, 0.29) is 5.91 Å². The molecule has 1 atom stereocenters. The Labute approximate surface area is 91.4 Å². The lowest BCUT2D eigenvalue weighted by molar-refractivity contribution is -0.121. The van der Waals surface area contributed by atoms with Gasteiger partial charge < -0.3 is 5.32 Å². The predicted molar refractivity (Wildman–Crippen MR) is 59.6 cm³/mol. The second-order valence-electron chi connectivity index (χ2n) is 4.17. The van der Waals surface area contributed by atoms with E-state index >= 15 is 0 Å². The van der Waals surface area contributed by atoms with E-state index < -0.39 is 5.38 Å². The van der Waals surface area contributed by atoms with Gasteiger partial charge in [0.2, 0.25) is 5.91 Å². The maximum atomic E-state index is 11.4. The summed E-state index contributed by atoms with van der Waals surface area (Å²) in [4.78, 5) is 11.4. The Hall–Kier alpha value is -0.240. The Morgan fingerprint density at radius 2 is 1.71 bits per heavy atom. The third-order valence-electron chi connectivity index (χ3n) is 2.81. The lowest BCUT2D eigenvalue weighted by Crippen LogP contribution is -2.38. The third kappa shape index (κ3) is 4.32. The van der Waals surface area contributed by atoms with Gasteiger partial charge in [0, 0.05) is 6.04 Å². The number of alkyl halides is 1. The van der Waals surface area contributed by atoms with E-state index in [2.05, 4.69) is 5.32 Å². The maximum absolute atomic E-state index is 11.4. The summed E-state index contributed by atoms with van der Waals surface area (Å²) in [6.45, 7) is 1.72. The van der Waals surface area contributed by atoms with Crippen LogP contribution in [-0.4, -0.2) is 17.3 Å². The Balaban J connectivity index is 2.30. The summed E-state index contributed by atoms with van der Waals surface area (Å²) in [6, 6.07) is 0.365. The number of amides is 1. The van der Waals surface area contributed by atoms with E-state index in [1.807, 2.05) is 0 Å². The zero-order valence-corrected chi connectivity index (χ0v) is 9.65. The molecule has 1 saturated carbocycles. The molecule has 0 aromatic rings. The number of carbonyl (C=O) groups excluding carboxylic acids is 1. The average Bonchev–Trinajstić information content (AvgIpc) is 2.08. The van der Waals surface area contributed by atoms with Crippen molar-refractivity contribution >= 4 is 17.5 Å². The van der Waals surface area contributed by atoms with Gasteiger partial charge in [-0.1, -0.05) is 32.1 Å². The van der Waals surface area contributed by atoms with Gasteiger partial charge in [0.15, 0.2) is 0 Å². The molecule has 0 aromatic carbocycles. The van der Waals surface area contributed by atoms with E-state index in [1.165, 1.54) is 32.1 Å². The van der Waals surface area contributed by atoms with Crippen molar-refractivity contribution in [3.63, 3.8) is 0 Å². The van der Waals surface area contributed by atoms with Crippen molar-refractivity contribution in [2.45, 2.75) is 63.3 Å². The van der Waals surface area contributed by atoms with Gasteiger partial charge in [0.1, 0.15) is 5.38 Å². The first-order valence-corrected chi connectivity index (χ1v) is 6.08. The van der Waals surface area contributed by atoms with Gasteiger partial charge in [0.05, 0.1) is 0 Å². The molecular weight excluding hydrogens is 198 g/mol. The van der Waals surface area contributed by atoms with Crippen LogP contribution in [0.15, 0.2) is 0 Å². The van der Waals surface area contributed by atoms with E-state index in [0.29, 0.717) is 6.04 Å². The minimum atomic E-state index is -0.402. The zero-order chi connectivity index (χ0) is 10.4. The lowest BCUT2D eigenvalue weighted by Gasteiger charge is -2.21. The number of nitrogens with one attached hydrogen (secondary N) is 1. The van der Waals surface area contributed by atoms with Gasteiger partial charge in [-0.3, -0.25) is 4.79 Å². The van der Waals surface area contributed by atoms with Gasteiger partial charge >= 0.3 is 0 Å². The number of rotatable bonds is 2. The number of halogens is 1. The summed E-state index contributed by atoms with van der Waals surface area (Å²) < 4.78 is 0. The van der Waals surface area contributed by atoms with Crippen LogP contribution in [0.25, 0.3) is 0 Å². The molecule has 0 bridgehead atoms. The molecular formula is C11H20ClNO. The standard InChI is InChI=1S/C11H20ClNO/c1-9(12)11(14)13-10-7-5-3-2-4-6-8-10/h9-10H,2-8H2,1H3,(H,13,14). The quantitative estimate of drug-likeness (QED) is 0.709. The molecule has 1 N–H and O–H groups in total. The first-order chi connectivity index (χ1) is 6.70. The highest BCUT2D eigenvalue weighted by Crippen LogP contribution is 2.17. The van der Waals surface area contributed by atoms with Crippen LogP contribution in [0.3, 0.4) is 0 Å². The van der Waals surface area contributed by atoms with Crippen molar-refractivity contribution < 1.29 is 4.79 Å². The topological polar surface area (TPSA) is 29.1 Å².